The molecule has 0 heterocycles. The zero-order valence-electron chi connectivity index (χ0n) is 11.9. The van der Waals surface area contributed by atoms with Gasteiger partial charge in [-0.15, -0.1) is 0 Å². The smallest absolute Gasteiger partial charge is 0.216 e. The van der Waals surface area contributed by atoms with E-state index in [2.05, 4.69) is 35.6 Å². The Hall–Kier alpha value is -2.03. The van der Waals surface area contributed by atoms with Crippen LogP contribution in [0.15, 0.2) is 36.4 Å². The largest absolute Gasteiger partial charge is 0.497 e. The second-order valence-electron chi connectivity index (χ2n) is 5.58. The molecular weight excluding hydrogens is 250 g/mol. The van der Waals surface area contributed by atoms with E-state index in [1.807, 2.05) is 6.07 Å². The Morgan fingerprint density at radius 1 is 1.30 bits per heavy atom. The molecule has 0 spiro atoms. The molecule has 2 aromatic rings. The first-order valence-electron chi connectivity index (χ1n) is 6.96. The van der Waals surface area contributed by atoms with Crippen molar-refractivity contribution in [3.63, 3.8) is 0 Å². The Kier molecular flexibility index (Phi) is 3.13. The molecule has 0 unspecified atom stereocenters. The molecule has 2 aromatic carbocycles. The monoisotopic (exact) mass is 269 g/mol. The summed E-state index contributed by atoms with van der Waals surface area (Å²) in [7, 11) is 1.69. The van der Waals surface area contributed by atoms with E-state index >= 15 is 0 Å². The zero-order chi connectivity index (χ0) is 14.2. The summed E-state index contributed by atoms with van der Waals surface area (Å²) in [5, 5.41) is 5.42. The van der Waals surface area contributed by atoms with Gasteiger partial charge < -0.3 is 10.1 Å². The number of hydrogen-bond acceptors (Lipinski definition) is 2. The van der Waals surface area contributed by atoms with Crippen molar-refractivity contribution in [3.05, 3.63) is 42.0 Å². The third-order valence-corrected chi connectivity index (χ3v) is 4.19. The molecular formula is C17H19NO2. The highest BCUT2D eigenvalue weighted by molar-refractivity contribution is 5.88. The second kappa shape index (κ2) is 4.82. The topological polar surface area (TPSA) is 38.3 Å². The van der Waals surface area contributed by atoms with E-state index in [0.717, 1.165) is 25.1 Å². The van der Waals surface area contributed by atoms with Crippen molar-refractivity contribution >= 4 is 16.7 Å². The number of nitrogens with one attached hydrogen (secondary N) is 1. The minimum Gasteiger partial charge on any atom is -0.497 e. The van der Waals surface area contributed by atoms with E-state index in [9.17, 15) is 4.79 Å². The molecule has 1 aliphatic rings. The Labute approximate surface area is 118 Å². The summed E-state index contributed by atoms with van der Waals surface area (Å²) in [4.78, 5) is 11.2. The Balaban J connectivity index is 2.04. The average molecular weight is 269 g/mol. The molecule has 1 aliphatic carbocycles. The van der Waals surface area contributed by atoms with E-state index in [0.29, 0.717) is 0 Å². The van der Waals surface area contributed by atoms with E-state index in [1.54, 1.807) is 14.0 Å². The van der Waals surface area contributed by atoms with Crippen LogP contribution >= 0.6 is 0 Å². The maximum Gasteiger partial charge on any atom is 0.216 e. The number of ether oxygens (including phenoxy) is 1. The molecule has 20 heavy (non-hydrogen) atoms. The van der Waals surface area contributed by atoms with Crippen molar-refractivity contribution in [1.82, 2.24) is 5.32 Å². The minimum absolute atomic E-state index is 0.0362. The molecule has 1 saturated carbocycles. The van der Waals surface area contributed by atoms with Gasteiger partial charge in [-0.2, -0.15) is 0 Å². The molecule has 104 valence electrons. The molecule has 0 aromatic heterocycles. The first-order valence-corrected chi connectivity index (χ1v) is 6.96. The number of benzene rings is 2. The van der Waals surface area contributed by atoms with Crippen LogP contribution in [0.5, 0.6) is 5.75 Å². The molecule has 1 fully saturated rings. The molecule has 0 radical (unpaired) electrons. The molecule has 3 rings (SSSR count). The van der Waals surface area contributed by atoms with Crippen molar-refractivity contribution in [3.8, 4) is 5.75 Å². The van der Waals surface area contributed by atoms with Gasteiger partial charge in [0.1, 0.15) is 5.75 Å². The molecule has 3 nitrogen and oxygen atoms in total. The summed E-state index contributed by atoms with van der Waals surface area (Å²) in [5.74, 6) is 0.911. The van der Waals surface area contributed by atoms with Crippen molar-refractivity contribution < 1.29 is 9.53 Å². The number of carbonyl (C=O) groups is 1. The Bertz CT molecular complexity index is 659. The fraction of sp³-hybridized carbons (Fsp3) is 0.353. The van der Waals surface area contributed by atoms with Gasteiger partial charge in [0, 0.05) is 18.9 Å². The van der Waals surface area contributed by atoms with Gasteiger partial charge >= 0.3 is 0 Å². The molecule has 3 heteroatoms. The lowest BCUT2D eigenvalue weighted by molar-refractivity contribution is -0.119. The minimum atomic E-state index is 0.0362. The second-order valence-corrected chi connectivity index (χ2v) is 5.58. The van der Waals surface area contributed by atoms with Crippen LogP contribution in [-0.4, -0.2) is 19.6 Å². The van der Waals surface area contributed by atoms with Gasteiger partial charge in [0.15, 0.2) is 0 Å². The highest BCUT2D eigenvalue weighted by Gasteiger charge is 2.45. The Morgan fingerprint density at radius 2 is 2.10 bits per heavy atom. The van der Waals surface area contributed by atoms with Crippen LogP contribution in [0.4, 0.5) is 0 Å². The maximum atomic E-state index is 11.2. The van der Waals surface area contributed by atoms with Gasteiger partial charge in [-0.3, -0.25) is 4.79 Å². The number of amides is 1. The van der Waals surface area contributed by atoms with Gasteiger partial charge in [-0.1, -0.05) is 24.3 Å². The standard InChI is InChI=1S/C17H19NO2/c1-12(19)18-11-17(8-9-17)16-5-3-4-13-6-7-14(20-2)10-15(13)16/h3-7,10H,8-9,11H2,1-2H3,(H,18,19). The van der Waals surface area contributed by atoms with Crippen LogP contribution in [0.2, 0.25) is 0 Å². The summed E-state index contributed by atoms with van der Waals surface area (Å²) in [6.07, 6.45) is 2.26. The SMILES string of the molecule is COc1ccc2cccc(C3(CNC(C)=O)CC3)c2c1. The quantitative estimate of drug-likeness (QED) is 0.926. The van der Waals surface area contributed by atoms with Crippen LogP contribution in [0, 0.1) is 0 Å². The average Bonchev–Trinajstić information content (AvgIpc) is 3.25. The molecule has 0 atom stereocenters. The third kappa shape index (κ3) is 2.24. The highest BCUT2D eigenvalue weighted by Crippen LogP contribution is 2.50. The van der Waals surface area contributed by atoms with Gasteiger partial charge in [-0.05, 0) is 41.3 Å². The molecule has 0 bridgehead atoms. The van der Waals surface area contributed by atoms with Crippen LogP contribution in [0.25, 0.3) is 10.8 Å². The summed E-state index contributed by atoms with van der Waals surface area (Å²) in [6, 6.07) is 12.6. The van der Waals surface area contributed by atoms with Gasteiger partial charge in [0.25, 0.3) is 0 Å². The predicted molar refractivity (Wildman–Crippen MR) is 80.1 cm³/mol. The number of hydrogen-bond donors (Lipinski definition) is 1. The summed E-state index contributed by atoms with van der Waals surface area (Å²) in [6.45, 7) is 2.29. The first kappa shape index (κ1) is 13.0. The summed E-state index contributed by atoms with van der Waals surface area (Å²) < 4.78 is 5.34. The van der Waals surface area contributed by atoms with Crippen LogP contribution in [0.3, 0.4) is 0 Å². The zero-order valence-corrected chi connectivity index (χ0v) is 11.9. The maximum absolute atomic E-state index is 11.2. The molecule has 1 N–H and O–H groups in total. The van der Waals surface area contributed by atoms with Crippen LogP contribution < -0.4 is 10.1 Å². The van der Waals surface area contributed by atoms with Crippen LogP contribution in [0.1, 0.15) is 25.3 Å². The predicted octanol–water partition coefficient (Wildman–Crippen LogP) is 3.02. The van der Waals surface area contributed by atoms with Crippen molar-refractivity contribution in [1.29, 1.82) is 0 Å². The number of methoxy groups -OCH3 is 1. The molecule has 0 saturated heterocycles. The molecule has 1 amide bonds. The van der Waals surface area contributed by atoms with Gasteiger partial charge in [-0.25, -0.2) is 0 Å². The highest BCUT2D eigenvalue weighted by atomic mass is 16.5. The summed E-state index contributed by atoms with van der Waals surface area (Å²) >= 11 is 0. The Morgan fingerprint density at radius 3 is 2.75 bits per heavy atom. The van der Waals surface area contributed by atoms with Crippen LogP contribution in [-0.2, 0) is 10.2 Å². The van der Waals surface area contributed by atoms with E-state index in [-0.39, 0.29) is 11.3 Å². The third-order valence-electron chi connectivity index (χ3n) is 4.19. The number of carbonyl (C=O) groups excluding carboxylic acids is 1. The number of fused-ring (bicyclic) bond motifs is 1. The van der Waals surface area contributed by atoms with Gasteiger partial charge in [0.05, 0.1) is 7.11 Å². The summed E-state index contributed by atoms with van der Waals surface area (Å²) in [5.41, 5.74) is 1.43. The van der Waals surface area contributed by atoms with Gasteiger partial charge in [0.2, 0.25) is 5.91 Å². The normalized spacial score (nSPS) is 15.9. The lowest BCUT2D eigenvalue weighted by Gasteiger charge is -2.19. The fourth-order valence-electron chi connectivity index (χ4n) is 2.83. The lowest BCUT2D eigenvalue weighted by Crippen LogP contribution is -2.30. The number of rotatable bonds is 4. The van der Waals surface area contributed by atoms with Crippen molar-refractivity contribution in [2.24, 2.45) is 0 Å². The van der Waals surface area contributed by atoms with E-state index in [1.165, 1.54) is 16.3 Å². The van der Waals surface area contributed by atoms with Crippen molar-refractivity contribution in [2.75, 3.05) is 13.7 Å². The van der Waals surface area contributed by atoms with Crippen molar-refractivity contribution in [2.45, 2.75) is 25.2 Å². The van der Waals surface area contributed by atoms with E-state index in [4.69, 9.17) is 4.74 Å². The lowest BCUT2D eigenvalue weighted by atomic mass is 9.90. The van der Waals surface area contributed by atoms with E-state index < -0.39 is 0 Å². The first-order chi connectivity index (χ1) is 9.64. The molecule has 0 aliphatic heterocycles. The fourth-order valence-corrected chi connectivity index (χ4v) is 2.83.